The Balaban J connectivity index is 1.71. The first-order chi connectivity index (χ1) is 17.8. The molecule has 3 rings (SSSR count). The number of allylic oxidation sites excluding steroid dienone is 1. The Labute approximate surface area is 212 Å². The van der Waals surface area contributed by atoms with Gasteiger partial charge >= 0.3 is 12.2 Å². The van der Waals surface area contributed by atoms with Gasteiger partial charge in [-0.05, 0) is 48.2 Å². The van der Waals surface area contributed by atoms with Gasteiger partial charge in [0.05, 0.1) is 0 Å². The summed E-state index contributed by atoms with van der Waals surface area (Å²) in [6, 6.07) is 13.5. The fraction of sp³-hybridized carbons (Fsp3) is 0.231. The number of alkyl halides is 3. The molecule has 0 bridgehead atoms. The molecule has 3 N–H and O–H groups in total. The maximum absolute atomic E-state index is 12.7. The highest BCUT2D eigenvalue weighted by atomic mass is 19.4. The summed E-state index contributed by atoms with van der Waals surface area (Å²) in [5.41, 5.74) is 2.83. The molecule has 1 amide bonds. The number of halogens is 3. The van der Waals surface area contributed by atoms with Gasteiger partial charge in [-0.2, -0.15) is 28.1 Å². The summed E-state index contributed by atoms with van der Waals surface area (Å²) >= 11 is 0. The summed E-state index contributed by atoms with van der Waals surface area (Å²) in [5.74, 6) is -0.220. The number of rotatable bonds is 13. The van der Waals surface area contributed by atoms with E-state index < -0.39 is 18.8 Å². The average molecular weight is 513 g/mol. The third kappa shape index (κ3) is 9.28. The van der Waals surface area contributed by atoms with Crippen LogP contribution in [0, 0.1) is 0 Å². The monoisotopic (exact) mass is 512 g/mol. The van der Waals surface area contributed by atoms with Gasteiger partial charge in [-0.15, -0.1) is 6.58 Å². The Morgan fingerprint density at radius 2 is 1.68 bits per heavy atom. The third-order valence-electron chi connectivity index (χ3n) is 4.92. The first-order valence-corrected chi connectivity index (χ1v) is 11.4. The number of hydrogen-bond donors (Lipinski definition) is 3. The van der Waals surface area contributed by atoms with Crippen LogP contribution in [0.2, 0.25) is 0 Å². The van der Waals surface area contributed by atoms with Crippen molar-refractivity contribution in [2.45, 2.75) is 25.6 Å². The fourth-order valence-corrected chi connectivity index (χ4v) is 3.04. The third-order valence-corrected chi connectivity index (χ3v) is 4.92. The number of ether oxygens (including phenoxy) is 1. The van der Waals surface area contributed by atoms with Crippen LogP contribution in [0.25, 0.3) is 6.08 Å². The highest BCUT2D eigenvalue weighted by Gasteiger charge is 2.29. The zero-order valence-electron chi connectivity index (χ0n) is 20.0. The first-order valence-electron chi connectivity index (χ1n) is 11.4. The molecular formula is C26H27F3N6O2. The molecule has 3 aromatic rings. The number of unbranched alkanes of at least 4 members (excludes halogenated alkanes) is 1. The van der Waals surface area contributed by atoms with Crippen LogP contribution in [0.5, 0.6) is 6.01 Å². The topological polar surface area (TPSA) is 101 Å². The van der Waals surface area contributed by atoms with Gasteiger partial charge in [0.15, 0.2) is 6.61 Å². The van der Waals surface area contributed by atoms with Crippen LogP contribution in [0.3, 0.4) is 0 Å². The second kappa shape index (κ2) is 13.1. The molecule has 0 saturated carbocycles. The minimum Gasteiger partial charge on any atom is -0.454 e. The minimum absolute atomic E-state index is 0.0259. The Morgan fingerprint density at radius 1 is 0.973 bits per heavy atom. The highest BCUT2D eigenvalue weighted by molar-refractivity contribution is 5.94. The molecule has 2 aromatic carbocycles. The molecule has 0 radical (unpaired) electrons. The Morgan fingerprint density at radius 3 is 2.32 bits per heavy atom. The molecule has 194 valence electrons. The maximum atomic E-state index is 12.7. The average Bonchev–Trinajstić information content (AvgIpc) is 2.89. The van der Waals surface area contributed by atoms with Crippen LogP contribution in [0.1, 0.15) is 34.3 Å². The Hall–Kier alpha value is -4.41. The second-order valence-corrected chi connectivity index (χ2v) is 7.86. The number of amides is 1. The number of nitrogens with zero attached hydrogens (tertiary/aromatic N) is 3. The molecular weight excluding hydrogens is 485 g/mol. The predicted molar refractivity (Wildman–Crippen MR) is 137 cm³/mol. The SMILES string of the molecule is C=CCCCNC(=O)c1ccc(Nc2nc(NCc3ccc(C=C)cc3)nc(OCC(F)(F)F)n2)cc1. The number of carbonyl (C=O) groups excluding carboxylic acids is 1. The zero-order chi connectivity index (χ0) is 26.7. The van der Waals surface area contributed by atoms with Gasteiger partial charge in [-0.3, -0.25) is 4.79 Å². The van der Waals surface area contributed by atoms with Crippen molar-refractivity contribution < 1.29 is 22.7 Å². The van der Waals surface area contributed by atoms with Gasteiger partial charge < -0.3 is 20.7 Å². The lowest BCUT2D eigenvalue weighted by molar-refractivity contribution is -0.154. The zero-order valence-corrected chi connectivity index (χ0v) is 20.0. The quantitative estimate of drug-likeness (QED) is 0.205. The number of anilines is 3. The number of hydrogen-bond acceptors (Lipinski definition) is 7. The summed E-state index contributed by atoms with van der Waals surface area (Å²) in [6.45, 7) is 6.65. The minimum atomic E-state index is -4.55. The van der Waals surface area contributed by atoms with Crippen LogP contribution >= 0.6 is 0 Å². The summed E-state index contributed by atoms with van der Waals surface area (Å²) < 4.78 is 42.7. The van der Waals surface area contributed by atoms with Gasteiger partial charge in [0.25, 0.3) is 5.91 Å². The summed E-state index contributed by atoms with van der Waals surface area (Å²) in [4.78, 5) is 24.3. The van der Waals surface area contributed by atoms with Gasteiger partial charge in [0.1, 0.15) is 0 Å². The molecule has 0 unspecified atom stereocenters. The molecule has 0 aliphatic rings. The number of aromatic nitrogens is 3. The molecule has 0 aliphatic carbocycles. The van der Waals surface area contributed by atoms with Crippen molar-refractivity contribution in [1.82, 2.24) is 20.3 Å². The van der Waals surface area contributed by atoms with E-state index >= 15 is 0 Å². The van der Waals surface area contributed by atoms with E-state index in [4.69, 9.17) is 4.74 Å². The highest BCUT2D eigenvalue weighted by Crippen LogP contribution is 2.20. The lowest BCUT2D eigenvalue weighted by Gasteiger charge is -2.12. The lowest BCUT2D eigenvalue weighted by atomic mass is 10.1. The van der Waals surface area contributed by atoms with Crippen molar-refractivity contribution in [3.8, 4) is 6.01 Å². The van der Waals surface area contributed by atoms with Crippen molar-refractivity contribution in [3.63, 3.8) is 0 Å². The maximum Gasteiger partial charge on any atom is 0.422 e. The van der Waals surface area contributed by atoms with E-state index in [1.807, 2.05) is 24.3 Å². The van der Waals surface area contributed by atoms with E-state index in [1.54, 1.807) is 36.4 Å². The fourth-order valence-electron chi connectivity index (χ4n) is 3.04. The van der Waals surface area contributed by atoms with Crippen molar-refractivity contribution in [2.75, 3.05) is 23.8 Å². The van der Waals surface area contributed by atoms with E-state index in [9.17, 15) is 18.0 Å². The number of benzene rings is 2. The molecule has 11 heteroatoms. The van der Waals surface area contributed by atoms with Crippen LogP contribution in [-0.4, -0.2) is 40.2 Å². The summed E-state index contributed by atoms with van der Waals surface area (Å²) in [6.07, 6.45) is 0.554. The summed E-state index contributed by atoms with van der Waals surface area (Å²) in [5, 5.41) is 8.69. The lowest BCUT2D eigenvalue weighted by Crippen LogP contribution is -2.24. The molecule has 8 nitrogen and oxygen atoms in total. The predicted octanol–water partition coefficient (Wildman–Crippen LogP) is 5.51. The van der Waals surface area contributed by atoms with Gasteiger partial charge in [0.2, 0.25) is 11.9 Å². The van der Waals surface area contributed by atoms with E-state index in [-0.39, 0.29) is 17.8 Å². The van der Waals surface area contributed by atoms with Crippen LogP contribution < -0.4 is 20.7 Å². The molecule has 0 atom stereocenters. The normalized spacial score (nSPS) is 10.9. The van der Waals surface area contributed by atoms with Gasteiger partial charge in [0, 0.05) is 24.3 Å². The standard InChI is InChI=1S/C26H27F3N6O2/c1-3-5-6-15-30-22(36)20-11-13-21(14-12-20)32-24-33-23(34-25(35-24)37-17-26(27,28)29)31-16-19-9-7-18(4-2)8-10-19/h3-4,7-14H,1-2,5-6,15-17H2,(H,30,36)(H2,31,32,33,34,35). The largest absolute Gasteiger partial charge is 0.454 e. The molecule has 0 aliphatic heterocycles. The Kier molecular flexibility index (Phi) is 9.59. The number of carbonyl (C=O) groups is 1. The van der Waals surface area contributed by atoms with E-state index in [1.165, 1.54) is 0 Å². The van der Waals surface area contributed by atoms with Crippen molar-refractivity contribution in [3.05, 3.63) is 84.5 Å². The van der Waals surface area contributed by atoms with Gasteiger partial charge in [-0.1, -0.05) is 43.0 Å². The van der Waals surface area contributed by atoms with Crippen LogP contribution in [0.4, 0.5) is 30.8 Å². The van der Waals surface area contributed by atoms with Gasteiger partial charge in [-0.25, -0.2) is 0 Å². The smallest absolute Gasteiger partial charge is 0.422 e. The number of nitrogens with one attached hydrogen (secondary N) is 3. The molecule has 37 heavy (non-hydrogen) atoms. The molecule has 0 saturated heterocycles. The molecule has 1 aromatic heterocycles. The van der Waals surface area contributed by atoms with Crippen molar-refractivity contribution >= 4 is 29.6 Å². The van der Waals surface area contributed by atoms with Crippen molar-refractivity contribution in [1.29, 1.82) is 0 Å². The van der Waals surface area contributed by atoms with Crippen molar-refractivity contribution in [2.24, 2.45) is 0 Å². The van der Waals surface area contributed by atoms with Crippen LogP contribution in [-0.2, 0) is 6.54 Å². The molecule has 0 spiro atoms. The van der Waals surface area contributed by atoms with E-state index in [0.29, 0.717) is 24.3 Å². The Bertz CT molecular complexity index is 1200. The second-order valence-electron chi connectivity index (χ2n) is 7.86. The van der Waals surface area contributed by atoms with Crippen LogP contribution in [0.15, 0.2) is 67.8 Å². The molecule has 0 fully saturated rings. The van der Waals surface area contributed by atoms with E-state index in [0.717, 1.165) is 24.0 Å². The summed E-state index contributed by atoms with van der Waals surface area (Å²) in [7, 11) is 0. The first kappa shape index (κ1) is 27.2. The van der Waals surface area contributed by atoms with E-state index in [2.05, 4.69) is 44.1 Å². The molecule has 1 heterocycles.